The molecule has 4 aromatic rings. The third kappa shape index (κ3) is 8.91. The SMILES string of the molecule is CC(=O)ON(Cc1ccc(C(=O)NCCc2ccc(Oc3ccccc3)cc2)cc1Br)Cc1ccccc1I. The molecule has 0 atom stereocenters. The zero-order valence-electron chi connectivity index (χ0n) is 21.4. The molecule has 0 aromatic heterocycles. The molecule has 0 aliphatic heterocycles. The lowest BCUT2D eigenvalue weighted by atomic mass is 10.1. The lowest BCUT2D eigenvalue weighted by molar-refractivity contribution is -0.194. The van der Waals surface area contributed by atoms with Crippen LogP contribution < -0.4 is 10.1 Å². The van der Waals surface area contributed by atoms with Crippen LogP contribution in [0.1, 0.15) is 34.0 Å². The van der Waals surface area contributed by atoms with Crippen LogP contribution in [0, 0.1) is 3.57 Å². The van der Waals surface area contributed by atoms with Crippen molar-refractivity contribution in [3.63, 3.8) is 0 Å². The fraction of sp³-hybridized carbons (Fsp3) is 0.161. The smallest absolute Gasteiger partial charge is 0.322 e. The van der Waals surface area contributed by atoms with Crippen LogP contribution in [-0.4, -0.2) is 23.5 Å². The Morgan fingerprint density at radius 2 is 1.51 bits per heavy atom. The average Bonchev–Trinajstić information content (AvgIpc) is 2.92. The van der Waals surface area contributed by atoms with Crippen LogP contribution in [0.5, 0.6) is 11.5 Å². The summed E-state index contributed by atoms with van der Waals surface area (Å²) in [7, 11) is 0. The summed E-state index contributed by atoms with van der Waals surface area (Å²) in [5, 5.41) is 4.60. The Kier molecular flexibility index (Phi) is 10.5. The summed E-state index contributed by atoms with van der Waals surface area (Å²) in [5.41, 5.74) is 3.61. The van der Waals surface area contributed by atoms with Crippen LogP contribution in [0.4, 0.5) is 0 Å². The van der Waals surface area contributed by atoms with Gasteiger partial charge in [0.25, 0.3) is 5.91 Å². The maximum Gasteiger partial charge on any atom is 0.322 e. The number of para-hydroxylation sites is 1. The predicted molar refractivity (Wildman–Crippen MR) is 163 cm³/mol. The van der Waals surface area contributed by atoms with Gasteiger partial charge in [-0.15, -0.1) is 5.06 Å². The van der Waals surface area contributed by atoms with Gasteiger partial charge in [0, 0.05) is 27.1 Å². The molecule has 1 N–H and O–H groups in total. The summed E-state index contributed by atoms with van der Waals surface area (Å²) in [5.74, 6) is 1.03. The first-order valence-electron chi connectivity index (χ1n) is 12.4. The monoisotopic (exact) mass is 698 g/mol. The first kappa shape index (κ1) is 28.8. The van der Waals surface area contributed by atoms with Crippen molar-refractivity contribution in [2.75, 3.05) is 6.54 Å². The van der Waals surface area contributed by atoms with E-state index in [1.54, 1.807) is 17.2 Å². The lowest BCUT2D eigenvalue weighted by Crippen LogP contribution is -2.27. The van der Waals surface area contributed by atoms with Crippen molar-refractivity contribution < 1.29 is 19.2 Å². The summed E-state index contributed by atoms with van der Waals surface area (Å²) in [6, 6.07) is 30.9. The van der Waals surface area contributed by atoms with Crippen molar-refractivity contribution in [1.82, 2.24) is 10.4 Å². The first-order chi connectivity index (χ1) is 18.9. The van der Waals surface area contributed by atoms with Crippen LogP contribution in [-0.2, 0) is 29.1 Å². The van der Waals surface area contributed by atoms with Crippen LogP contribution in [0.3, 0.4) is 0 Å². The Bertz CT molecular complexity index is 1410. The molecular weight excluding hydrogens is 671 g/mol. The van der Waals surface area contributed by atoms with Gasteiger partial charge in [0.15, 0.2) is 0 Å². The predicted octanol–water partition coefficient (Wildman–Crippen LogP) is 7.30. The van der Waals surface area contributed by atoms with Gasteiger partial charge in [-0.25, -0.2) is 0 Å². The van der Waals surface area contributed by atoms with Crippen LogP contribution in [0.2, 0.25) is 0 Å². The third-order valence-electron chi connectivity index (χ3n) is 5.83. The third-order valence-corrected chi connectivity index (χ3v) is 7.62. The highest BCUT2D eigenvalue weighted by Crippen LogP contribution is 2.23. The summed E-state index contributed by atoms with van der Waals surface area (Å²) < 4.78 is 7.69. The molecule has 4 aromatic carbocycles. The van der Waals surface area contributed by atoms with Crippen molar-refractivity contribution in [2.24, 2.45) is 0 Å². The molecule has 0 saturated carbocycles. The first-order valence-corrected chi connectivity index (χ1v) is 14.3. The number of amides is 1. The fourth-order valence-electron chi connectivity index (χ4n) is 3.90. The molecule has 6 nitrogen and oxygen atoms in total. The molecule has 0 aliphatic carbocycles. The molecule has 200 valence electrons. The Hall–Kier alpha value is -3.21. The van der Waals surface area contributed by atoms with E-state index in [2.05, 4.69) is 43.8 Å². The number of ether oxygens (including phenoxy) is 1. The van der Waals surface area contributed by atoms with E-state index in [9.17, 15) is 9.59 Å². The molecule has 0 saturated heterocycles. The Morgan fingerprint density at radius 3 is 2.21 bits per heavy atom. The Labute approximate surface area is 250 Å². The number of nitrogens with one attached hydrogen (secondary N) is 1. The molecule has 0 spiro atoms. The van der Waals surface area contributed by atoms with Crippen molar-refractivity contribution in [2.45, 2.75) is 26.4 Å². The van der Waals surface area contributed by atoms with E-state index in [0.717, 1.165) is 36.2 Å². The fourth-order valence-corrected chi connectivity index (χ4v) is 4.96. The summed E-state index contributed by atoms with van der Waals surface area (Å²) in [4.78, 5) is 29.9. The standard InChI is InChI=1S/C31H28BrIN2O4/c1-22(36)39-35(21-26-7-5-6-10-30(26)33)20-25-14-13-24(19-29(25)32)31(37)34-18-17-23-11-15-28(16-12-23)38-27-8-3-2-4-9-27/h2-16,19H,17-18,20-21H2,1H3,(H,34,37). The molecule has 0 aliphatic rings. The maximum absolute atomic E-state index is 12.8. The number of hydrogen-bond donors (Lipinski definition) is 1. The molecule has 1 amide bonds. The van der Waals surface area contributed by atoms with Gasteiger partial charge < -0.3 is 14.9 Å². The molecule has 39 heavy (non-hydrogen) atoms. The Morgan fingerprint density at radius 1 is 0.846 bits per heavy atom. The minimum Gasteiger partial charge on any atom is -0.457 e. The lowest BCUT2D eigenvalue weighted by Gasteiger charge is -2.22. The van der Waals surface area contributed by atoms with E-state index in [1.807, 2.05) is 84.9 Å². The number of benzene rings is 4. The average molecular weight is 699 g/mol. The van der Waals surface area contributed by atoms with E-state index in [-0.39, 0.29) is 11.9 Å². The molecule has 4 rings (SSSR count). The van der Waals surface area contributed by atoms with Gasteiger partial charge in [-0.2, -0.15) is 0 Å². The van der Waals surface area contributed by atoms with Gasteiger partial charge in [-0.3, -0.25) is 9.59 Å². The number of nitrogens with zero attached hydrogens (tertiary/aromatic N) is 1. The number of carbonyl (C=O) groups excluding carboxylic acids is 2. The van der Waals surface area contributed by atoms with Crippen molar-refractivity contribution in [3.05, 3.63) is 127 Å². The van der Waals surface area contributed by atoms with Crippen LogP contribution in [0.25, 0.3) is 0 Å². The second kappa shape index (κ2) is 14.3. The molecule has 0 unspecified atom stereocenters. The van der Waals surface area contributed by atoms with Gasteiger partial charge in [0.1, 0.15) is 11.5 Å². The van der Waals surface area contributed by atoms with E-state index in [0.29, 0.717) is 31.6 Å². The highest BCUT2D eigenvalue weighted by Gasteiger charge is 2.16. The van der Waals surface area contributed by atoms with Crippen molar-refractivity contribution >= 4 is 50.4 Å². The van der Waals surface area contributed by atoms with Gasteiger partial charge in [-0.1, -0.05) is 70.5 Å². The van der Waals surface area contributed by atoms with E-state index >= 15 is 0 Å². The molecule has 0 radical (unpaired) electrons. The number of carbonyl (C=O) groups is 2. The van der Waals surface area contributed by atoms with Gasteiger partial charge in [0.2, 0.25) is 0 Å². The van der Waals surface area contributed by atoms with E-state index in [4.69, 9.17) is 9.57 Å². The summed E-state index contributed by atoms with van der Waals surface area (Å²) >= 11 is 5.85. The molecular formula is C31H28BrIN2O4. The second-order valence-corrected chi connectivity index (χ2v) is 10.9. The second-order valence-electron chi connectivity index (χ2n) is 8.84. The maximum atomic E-state index is 12.8. The van der Waals surface area contributed by atoms with E-state index < -0.39 is 0 Å². The number of hydrogen-bond acceptors (Lipinski definition) is 5. The van der Waals surface area contributed by atoms with Crippen LogP contribution >= 0.6 is 38.5 Å². The summed E-state index contributed by atoms with van der Waals surface area (Å²) in [6.07, 6.45) is 0.701. The van der Waals surface area contributed by atoms with Gasteiger partial charge in [0.05, 0.1) is 13.1 Å². The quantitative estimate of drug-likeness (QED) is 0.132. The van der Waals surface area contributed by atoms with E-state index in [1.165, 1.54) is 6.92 Å². The van der Waals surface area contributed by atoms with Crippen molar-refractivity contribution in [1.29, 1.82) is 0 Å². The molecule has 0 bridgehead atoms. The van der Waals surface area contributed by atoms with Crippen molar-refractivity contribution in [3.8, 4) is 11.5 Å². The van der Waals surface area contributed by atoms with Gasteiger partial charge in [-0.05, 0) is 88.2 Å². The number of rotatable bonds is 11. The molecule has 8 heteroatoms. The Balaban J connectivity index is 1.30. The zero-order valence-corrected chi connectivity index (χ0v) is 25.1. The largest absolute Gasteiger partial charge is 0.457 e. The minimum atomic E-state index is -0.383. The highest BCUT2D eigenvalue weighted by molar-refractivity contribution is 14.1. The molecule has 0 heterocycles. The normalized spacial score (nSPS) is 10.8. The highest BCUT2D eigenvalue weighted by atomic mass is 127. The molecule has 0 fully saturated rings. The van der Waals surface area contributed by atoms with Gasteiger partial charge >= 0.3 is 5.97 Å². The number of hydroxylamine groups is 2. The number of halogens is 2. The van der Waals surface area contributed by atoms with Crippen LogP contribution in [0.15, 0.2) is 102 Å². The minimum absolute atomic E-state index is 0.151. The topological polar surface area (TPSA) is 67.9 Å². The summed E-state index contributed by atoms with van der Waals surface area (Å²) in [6.45, 7) is 2.72. The zero-order chi connectivity index (χ0) is 27.6.